The van der Waals surface area contributed by atoms with Crippen LogP contribution < -0.4 is 5.32 Å². The number of anilines is 1. The first-order valence-electron chi connectivity index (χ1n) is 6.77. The van der Waals surface area contributed by atoms with Crippen LogP contribution in [0.25, 0.3) is 16.9 Å². The molecule has 0 amide bonds. The van der Waals surface area contributed by atoms with E-state index in [4.69, 9.17) is 5.26 Å². The maximum absolute atomic E-state index is 8.92. The van der Waals surface area contributed by atoms with E-state index < -0.39 is 0 Å². The first kappa shape index (κ1) is 13.1. The van der Waals surface area contributed by atoms with Crippen LogP contribution in [0.15, 0.2) is 42.9 Å². The van der Waals surface area contributed by atoms with Gasteiger partial charge in [0, 0.05) is 41.8 Å². The summed E-state index contributed by atoms with van der Waals surface area (Å²) < 4.78 is 1.92. The number of pyridine rings is 2. The number of rotatable bonds is 3. The van der Waals surface area contributed by atoms with E-state index in [1.807, 2.05) is 35.0 Å². The molecule has 0 unspecified atom stereocenters. The topological polar surface area (TPSA) is 66.5 Å². The number of nitriles is 1. The number of aromatic nitrogens is 3. The monoisotopic (exact) mass is 277 g/mol. The molecule has 0 spiro atoms. The quantitative estimate of drug-likeness (QED) is 0.798. The normalized spacial score (nSPS) is 10.8. The molecule has 0 saturated heterocycles. The maximum Gasteiger partial charge on any atom is 0.145 e. The molecule has 0 saturated carbocycles. The van der Waals surface area contributed by atoms with E-state index in [0.29, 0.717) is 11.6 Å². The Morgan fingerprint density at radius 3 is 2.86 bits per heavy atom. The summed E-state index contributed by atoms with van der Waals surface area (Å²) in [7, 11) is 0. The molecule has 104 valence electrons. The molecular formula is C16H15N5. The van der Waals surface area contributed by atoms with Gasteiger partial charge in [-0.1, -0.05) is 0 Å². The van der Waals surface area contributed by atoms with Crippen molar-refractivity contribution in [2.24, 2.45) is 0 Å². The second-order valence-electron chi connectivity index (χ2n) is 5.14. The molecule has 21 heavy (non-hydrogen) atoms. The molecule has 0 aliphatic carbocycles. The lowest BCUT2D eigenvalue weighted by Gasteiger charge is -2.11. The van der Waals surface area contributed by atoms with Gasteiger partial charge in [0.05, 0.1) is 5.56 Å². The zero-order valence-electron chi connectivity index (χ0n) is 11.9. The molecule has 1 N–H and O–H groups in total. The van der Waals surface area contributed by atoms with Gasteiger partial charge in [-0.25, -0.2) is 9.97 Å². The summed E-state index contributed by atoms with van der Waals surface area (Å²) in [6.45, 7) is 4.19. The number of hydrogen-bond acceptors (Lipinski definition) is 4. The fourth-order valence-corrected chi connectivity index (χ4v) is 2.24. The molecule has 0 radical (unpaired) electrons. The molecule has 5 nitrogen and oxygen atoms in total. The minimum absolute atomic E-state index is 0.359. The molecule has 3 aromatic rings. The number of nitrogens with zero attached hydrogens (tertiary/aromatic N) is 4. The molecule has 0 aliphatic heterocycles. The van der Waals surface area contributed by atoms with Crippen molar-refractivity contribution in [2.75, 3.05) is 5.32 Å². The number of hydrogen-bond donors (Lipinski definition) is 1. The Hall–Kier alpha value is -2.87. The van der Waals surface area contributed by atoms with Crippen LogP contribution in [0.2, 0.25) is 0 Å². The summed E-state index contributed by atoms with van der Waals surface area (Å²) >= 11 is 0. The second kappa shape index (κ2) is 5.25. The molecule has 0 bridgehead atoms. The van der Waals surface area contributed by atoms with E-state index in [2.05, 4.69) is 35.2 Å². The molecule has 3 rings (SSSR count). The van der Waals surface area contributed by atoms with Crippen molar-refractivity contribution in [1.82, 2.24) is 14.5 Å². The molecule has 0 atom stereocenters. The van der Waals surface area contributed by atoms with Crippen molar-refractivity contribution >= 4 is 16.7 Å². The van der Waals surface area contributed by atoms with E-state index in [0.717, 1.165) is 22.5 Å². The minimum Gasteiger partial charge on any atom is -0.383 e. The van der Waals surface area contributed by atoms with Crippen LogP contribution in [-0.2, 0) is 0 Å². The molecule has 3 aromatic heterocycles. The first-order valence-corrected chi connectivity index (χ1v) is 6.77. The lowest BCUT2D eigenvalue weighted by molar-refractivity contribution is 0.897. The molecular weight excluding hydrogens is 262 g/mol. The van der Waals surface area contributed by atoms with Gasteiger partial charge < -0.3 is 5.32 Å². The SMILES string of the molecule is CC(C)Nc1ccnc(-n2ccc3cc(C#N)cnc32)c1. The lowest BCUT2D eigenvalue weighted by atomic mass is 10.2. The summed E-state index contributed by atoms with van der Waals surface area (Å²) in [6, 6.07) is 10.2. The van der Waals surface area contributed by atoms with E-state index >= 15 is 0 Å². The van der Waals surface area contributed by atoms with Gasteiger partial charge in [-0.3, -0.25) is 4.57 Å². The van der Waals surface area contributed by atoms with Crippen LogP contribution >= 0.6 is 0 Å². The van der Waals surface area contributed by atoms with Crippen LogP contribution in [0.1, 0.15) is 19.4 Å². The minimum atomic E-state index is 0.359. The Labute approximate surface area is 122 Å². The number of fused-ring (bicyclic) bond motifs is 1. The van der Waals surface area contributed by atoms with Crippen LogP contribution in [-0.4, -0.2) is 20.6 Å². The molecule has 0 fully saturated rings. The zero-order valence-corrected chi connectivity index (χ0v) is 11.9. The Bertz CT molecular complexity index is 826. The van der Waals surface area contributed by atoms with Crippen LogP contribution in [0.4, 0.5) is 5.69 Å². The highest BCUT2D eigenvalue weighted by Crippen LogP contribution is 2.20. The predicted molar refractivity (Wildman–Crippen MR) is 82.3 cm³/mol. The predicted octanol–water partition coefficient (Wildman–Crippen LogP) is 3.11. The average molecular weight is 277 g/mol. The van der Waals surface area contributed by atoms with Crippen LogP contribution in [0, 0.1) is 11.3 Å². The van der Waals surface area contributed by atoms with Crippen LogP contribution in [0.5, 0.6) is 0 Å². The average Bonchev–Trinajstić information content (AvgIpc) is 2.89. The van der Waals surface area contributed by atoms with Crippen LogP contribution in [0.3, 0.4) is 0 Å². The number of nitrogens with one attached hydrogen (secondary N) is 1. The summed E-state index contributed by atoms with van der Waals surface area (Å²) in [5, 5.41) is 13.2. The van der Waals surface area contributed by atoms with E-state index in [9.17, 15) is 0 Å². The van der Waals surface area contributed by atoms with Gasteiger partial charge in [-0.15, -0.1) is 0 Å². The summed E-state index contributed by atoms with van der Waals surface area (Å²) in [5.74, 6) is 0.799. The largest absolute Gasteiger partial charge is 0.383 e. The third-order valence-corrected chi connectivity index (χ3v) is 3.10. The Balaban J connectivity index is 2.06. The van der Waals surface area contributed by atoms with Crippen molar-refractivity contribution in [3.63, 3.8) is 0 Å². The lowest BCUT2D eigenvalue weighted by Crippen LogP contribution is -2.10. The van der Waals surface area contributed by atoms with Crippen molar-refractivity contribution in [1.29, 1.82) is 5.26 Å². The molecule has 0 aliphatic rings. The van der Waals surface area contributed by atoms with E-state index in [-0.39, 0.29) is 0 Å². The van der Waals surface area contributed by atoms with Gasteiger partial charge in [0.25, 0.3) is 0 Å². The summed E-state index contributed by atoms with van der Waals surface area (Å²) in [6.07, 6.45) is 5.27. The maximum atomic E-state index is 8.92. The summed E-state index contributed by atoms with van der Waals surface area (Å²) in [5.41, 5.74) is 2.37. The standard InChI is InChI=1S/C16H15N5/c1-11(2)20-14-3-5-18-15(8-14)21-6-4-13-7-12(9-17)10-19-16(13)21/h3-8,10-11H,1-2H3,(H,18,20). The van der Waals surface area contributed by atoms with Gasteiger partial charge >= 0.3 is 0 Å². The third kappa shape index (κ3) is 2.56. The van der Waals surface area contributed by atoms with E-state index in [1.165, 1.54) is 0 Å². The highest BCUT2D eigenvalue weighted by atomic mass is 15.1. The fraction of sp³-hybridized carbons (Fsp3) is 0.188. The van der Waals surface area contributed by atoms with Gasteiger partial charge in [0.2, 0.25) is 0 Å². The fourth-order valence-electron chi connectivity index (χ4n) is 2.24. The molecule has 0 aromatic carbocycles. The highest BCUT2D eigenvalue weighted by Gasteiger charge is 2.07. The molecule has 5 heteroatoms. The van der Waals surface area contributed by atoms with Gasteiger partial charge in [0.15, 0.2) is 0 Å². The zero-order chi connectivity index (χ0) is 14.8. The van der Waals surface area contributed by atoms with Gasteiger partial charge in [-0.05, 0) is 32.0 Å². The highest BCUT2D eigenvalue weighted by molar-refractivity contribution is 5.79. The first-order chi connectivity index (χ1) is 10.2. The van der Waals surface area contributed by atoms with Gasteiger partial charge in [-0.2, -0.15) is 5.26 Å². The van der Waals surface area contributed by atoms with Crippen molar-refractivity contribution in [2.45, 2.75) is 19.9 Å². The third-order valence-electron chi connectivity index (χ3n) is 3.10. The summed E-state index contributed by atoms with van der Waals surface area (Å²) in [4.78, 5) is 8.76. The van der Waals surface area contributed by atoms with E-state index in [1.54, 1.807) is 12.4 Å². The smallest absolute Gasteiger partial charge is 0.145 e. The molecule has 3 heterocycles. The van der Waals surface area contributed by atoms with Crippen molar-refractivity contribution < 1.29 is 0 Å². The second-order valence-corrected chi connectivity index (χ2v) is 5.14. The Morgan fingerprint density at radius 1 is 1.24 bits per heavy atom. The van der Waals surface area contributed by atoms with Crippen molar-refractivity contribution in [3.05, 3.63) is 48.4 Å². The van der Waals surface area contributed by atoms with Gasteiger partial charge in [0.1, 0.15) is 17.5 Å². The Morgan fingerprint density at radius 2 is 2.10 bits per heavy atom. The van der Waals surface area contributed by atoms with Crippen molar-refractivity contribution in [3.8, 4) is 11.9 Å². The Kier molecular flexibility index (Phi) is 3.28.